The van der Waals surface area contributed by atoms with Gasteiger partial charge < -0.3 is 4.98 Å². The zero-order valence-corrected chi connectivity index (χ0v) is 6.09. The molecule has 0 atom stereocenters. The van der Waals surface area contributed by atoms with Gasteiger partial charge in [0.05, 0.1) is 0 Å². The number of imidazole rings is 1. The molecule has 0 saturated heterocycles. The van der Waals surface area contributed by atoms with Crippen molar-refractivity contribution in [3.63, 3.8) is 0 Å². The SMILES string of the molecule is C.CC(C)c1cnc(C=O)[nH]1. The highest BCUT2D eigenvalue weighted by Crippen LogP contribution is 2.09. The van der Waals surface area contributed by atoms with Crippen molar-refractivity contribution in [1.29, 1.82) is 0 Å². The van der Waals surface area contributed by atoms with E-state index in [0.29, 0.717) is 18.0 Å². The highest BCUT2D eigenvalue weighted by Gasteiger charge is 2.01. The zero-order chi connectivity index (χ0) is 7.56. The van der Waals surface area contributed by atoms with Crippen LogP contribution in [0.15, 0.2) is 6.20 Å². The Morgan fingerprint density at radius 1 is 1.64 bits per heavy atom. The molecule has 0 aliphatic heterocycles. The molecule has 0 aromatic carbocycles. The predicted molar refractivity (Wildman–Crippen MR) is 44.8 cm³/mol. The first-order valence-corrected chi connectivity index (χ1v) is 3.24. The van der Waals surface area contributed by atoms with Gasteiger partial charge in [0.25, 0.3) is 0 Å². The molecule has 62 valence electrons. The van der Waals surface area contributed by atoms with Crippen LogP contribution < -0.4 is 0 Å². The topological polar surface area (TPSA) is 45.8 Å². The largest absolute Gasteiger partial charge is 0.339 e. The smallest absolute Gasteiger partial charge is 0.185 e. The fourth-order valence-corrected chi connectivity index (χ4v) is 0.705. The molecule has 0 saturated carbocycles. The van der Waals surface area contributed by atoms with Gasteiger partial charge in [0.1, 0.15) is 0 Å². The van der Waals surface area contributed by atoms with E-state index in [0.717, 1.165) is 5.69 Å². The molecule has 1 heterocycles. The molecule has 1 rings (SSSR count). The van der Waals surface area contributed by atoms with Gasteiger partial charge in [-0.3, -0.25) is 4.79 Å². The van der Waals surface area contributed by atoms with Gasteiger partial charge in [-0.25, -0.2) is 4.98 Å². The Bertz CT molecular complexity index is 228. The molecule has 3 heteroatoms. The Kier molecular flexibility index (Phi) is 3.51. The summed E-state index contributed by atoms with van der Waals surface area (Å²) < 4.78 is 0. The van der Waals surface area contributed by atoms with Crippen molar-refractivity contribution in [2.45, 2.75) is 27.2 Å². The number of carbonyl (C=O) groups excluding carboxylic acids is 1. The minimum Gasteiger partial charge on any atom is -0.339 e. The molecule has 0 aliphatic rings. The van der Waals surface area contributed by atoms with Crippen LogP contribution in [-0.2, 0) is 0 Å². The average Bonchev–Trinajstić information content (AvgIpc) is 2.34. The van der Waals surface area contributed by atoms with E-state index in [1.807, 2.05) is 13.8 Å². The van der Waals surface area contributed by atoms with E-state index in [2.05, 4.69) is 9.97 Å². The van der Waals surface area contributed by atoms with Crippen molar-refractivity contribution in [2.75, 3.05) is 0 Å². The van der Waals surface area contributed by atoms with Crippen LogP contribution in [0.25, 0.3) is 0 Å². The normalized spacial score (nSPS) is 9.36. The molecule has 0 bridgehead atoms. The van der Waals surface area contributed by atoms with Gasteiger partial charge in [-0.15, -0.1) is 0 Å². The highest BCUT2D eigenvalue weighted by atomic mass is 16.1. The highest BCUT2D eigenvalue weighted by molar-refractivity contribution is 5.68. The Balaban J connectivity index is 0.000001000. The molecule has 0 spiro atoms. The van der Waals surface area contributed by atoms with Gasteiger partial charge >= 0.3 is 0 Å². The quantitative estimate of drug-likeness (QED) is 0.662. The van der Waals surface area contributed by atoms with Crippen LogP contribution in [-0.4, -0.2) is 16.3 Å². The Labute approximate surface area is 66.9 Å². The van der Waals surface area contributed by atoms with Crippen LogP contribution in [0.1, 0.15) is 43.5 Å². The van der Waals surface area contributed by atoms with Crippen LogP contribution in [0.2, 0.25) is 0 Å². The summed E-state index contributed by atoms with van der Waals surface area (Å²) >= 11 is 0. The van der Waals surface area contributed by atoms with E-state index < -0.39 is 0 Å². The van der Waals surface area contributed by atoms with Gasteiger partial charge in [0, 0.05) is 11.9 Å². The number of aromatic amines is 1. The predicted octanol–water partition coefficient (Wildman–Crippen LogP) is 1.98. The second kappa shape index (κ2) is 3.91. The number of hydrogen-bond acceptors (Lipinski definition) is 2. The molecule has 0 aliphatic carbocycles. The van der Waals surface area contributed by atoms with Crippen LogP contribution in [0.5, 0.6) is 0 Å². The summed E-state index contributed by atoms with van der Waals surface area (Å²) in [6.07, 6.45) is 2.40. The maximum Gasteiger partial charge on any atom is 0.185 e. The zero-order valence-electron chi connectivity index (χ0n) is 6.09. The molecule has 1 aromatic heterocycles. The molecule has 0 radical (unpaired) electrons. The van der Waals surface area contributed by atoms with Gasteiger partial charge in [-0.2, -0.15) is 0 Å². The van der Waals surface area contributed by atoms with Gasteiger partial charge in [0.2, 0.25) is 0 Å². The van der Waals surface area contributed by atoms with Crippen molar-refractivity contribution in [2.24, 2.45) is 0 Å². The first kappa shape index (κ1) is 9.88. The maximum absolute atomic E-state index is 10.1. The molecule has 11 heavy (non-hydrogen) atoms. The van der Waals surface area contributed by atoms with Gasteiger partial charge in [-0.05, 0) is 5.92 Å². The van der Waals surface area contributed by atoms with Crippen molar-refractivity contribution in [3.05, 3.63) is 17.7 Å². The van der Waals surface area contributed by atoms with Gasteiger partial charge in [0.15, 0.2) is 12.1 Å². The monoisotopic (exact) mass is 154 g/mol. The van der Waals surface area contributed by atoms with Crippen molar-refractivity contribution >= 4 is 6.29 Å². The van der Waals surface area contributed by atoms with Crippen LogP contribution in [0.4, 0.5) is 0 Å². The summed E-state index contributed by atoms with van der Waals surface area (Å²) in [6, 6.07) is 0. The fourth-order valence-electron chi connectivity index (χ4n) is 0.705. The summed E-state index contributed by atoms with van der Waals surface area (Å²) in [5.74, 6) is 0.810. The standard InChI is InChI=1S/C7H10N2O.CH4/c1-5(2)6-3-8-7(4-10)9-6;/h3-5H,1-2H3,(H,8,9);1H4. The minimum atomic E-state index is 0. The minimum absolute atomic E-state index is 0. The van der Waals surface area contributed by atoms with Crippen molar-refractivity contribution in [1.82, 2.24) is 9.97 Å². The second-order valence-corrected chi connectivity index (χ2v) is 2.50. The van der Waals surface area contributed by atoms with E-state index in [1.54, 1.807) is 6.20 Å². The van der Waals surface area contributed by atoms with Crippen LogP contribution >= 0.6 is 0 Å². The van der Waals surface area contributed by atoms with E-state index >= 15 is 0 Å². The number of carbonyl (C=O) groups is 1. The van der Waals surface area contributed by atoms with E-state index in [4.69, 9.17) is 0 Å². The summed E-state index contributed by atoms with van der Waals surface area (Å²) in [5.41, 5.74) is 1.00. The van der Waals surface area contributed by atoms with E-state index in [1.165, 1.54) is 0 Å². The molecular formula is C8H14N2O. The number of aldehydes is 1. The molecule has 0 amide bonds. The molecule has 3 nitrogen and oxygen atoms in total. The molecule has 0 unspecified atom stereocenters. The summed E-state index contributed by atoms with van der Waals surface area (Å²) in [7, 11) is 0. The maximum atomic E-state index is 10.1. The third-order valence-electron chi connectivity index (χ3n) is 1.35. The Morgan fingerprint density at radius 3 is 2.55 bits per heavy atom. The first-order chi connectivity index (χ1) is 4.74. The number of rotatable bonds is 2. The lowest BCUT2D eigenvalue weighted by molar-refractivity contribution is 0.111. The summed E-state index contributed by atoms with van der Waals surface area (Å²) in [5, 5.41) is 0. The van der Waals surface area contributed by atoms with Crippen LogP contribution in [0.3, 0.4) is 0 Å². The Hall–Kier alpha value is -1.12. The van der Waals surface area contributed by atoms with Gasteiger partial charge in [-0.1, -0.05) is 21.3 Å². The van der Waals surface area contributed by atoms with E-state index in [-0.39, 0.29) is 7.43 Å². The third-order valence-corrected chi connectivity index (χ3v) is 1.35. The summed E-state index contributed by atoms with van der Waals surface area (Å²) in [4.78, 5) is 16.9. The number of H-pyrrole nitrogens is 1. The van der Waals surface area contributed by atoms with Crippen molar-refractivity contribution < 1.29 is 4.79 Å². The molecule has 0 fully saturated rings. The van der Waals surface area contributed by atoms with E-state index in [9.17, 15) is 4.79 Å². The lowest BCUT2D eigenvalue weighted by Crippen LogP contribution is -1.87. The van der Waals surface area contributed by atoms with Crippen molar-refractivity contribution in [3.8, 4) is 0 Å². The number of aromatic nitrogens is 2. The molecule has 1 aromatic rings. The number of hydrogen-bond donors (Lipinski definition) is 1. The summed E-state index contributed by atoms with van der Waals surface area (Å²) in [6.45, 7) is 4.09. The Morgan fingerprint density at radius 2 is 2.27 bits per heavy atom. The second-order valence-electron chi connectivity index (χ2n) is 2.50. The first-order valence-electron chi connectivity index (χ1n) is 3.24. The van der Waals surface area contributed by atoms with Crippen LogP contribution in [0, 0.1) is 0 Å². The third kappa shape index (κ3) is 2.18. The molecule has 1 N–H and O–H groups in total. The fraction of sp³-hybridized carbons (Fsp3) is 0.500. The number of nitrogens with one attached hydrogen (secondary N) is 1. The number of nitrogens with zero attached hydrogens (tertiary/aromatic N) is 1. The lowest BCUT2D eigenvalue weighted by atomic mass is 10.2. The molecular weight excluding hydrogens is 140 g/mol. The average molecular weight is 154 g/mol. The lowest BCUT2D eigenvalue weighted by Gasteiger charge is -1.96.